The first-order chi connectivity index (χ1) is 8.04. The molecule has 0 aromatic heterocycles. The monoisotopic (exact) mass is 303 g/mol. The molecule has 1 atom stereocenters. The van der Waals surface area contributed by atoms with Crippen LogP contribution >= 0.6 is 15.9 Å². The first-order valence-electron chi connectivity index (χ1n) is 5.23. The largest absolute Gasteiger partial charge is 0.481 e. The molecule has 1 unspecified atom stereocenters. The fraction of sp³-hybridized carbons (Fsp3) is 0.455. The molecule has 0 N–H and O–H groups in total. The molecule has 6 heteroatoms. The standard InChI is InChI=1S/C11H14BrNO4/c1-3-16-7-8(2)17-11-5-4-9(12)6-10(11)13(14)15/h4-6,8H,3,7H2,1-2H3. The third-order valence-corrected chi connectivity index (χ3v) is 2.50. The van der Waals surface area contributed by atoms with Gasteiger partial charge in [0.2, 0.25) is 0 Å². The van der Waals surface area contributed by atoms with Crippen LogP contribution in [0, 0.1) is 10.1 Å². The summed E-state index contributed by atoms with van der Waals surface area (Å²) < 4.78 is 11.3. The minimum Gasteiger partial charge on any atom is -0.481 e. The molecule has 0 aliphatic carbocycles. The quantitative estimate of drug-likeness (QED) is 0.598. The maximum Gasteiger partial charge on any atom is 0.312 e. The zero-order valence-corrected chi connectivity index (χ0v) is 11.3. The molecule has 94 valence electrons. The highest BCUT2D eigenvalue weighted by Crippen LogP contribution is 2.30. The average molecular weight is 304 g/mol. The fourth-order valence-corrected chi connectivity index (χ4v) is 1.62. The van der Waals surface area contributed by atoms with Gasteiger partial charge in [-0.2, -0.15) is 0 Å². The second-order valence-corrected chi connectivity index (χ2v) is 4.37. The van der Waals surface area contributed by atoms with E-state index in [1.807, 2.05) is 6.92 Å². The van der Waals surface area contributed by atoms with Gasteiger partial charge in [0.15, 0.2) is 5.75 Å². The molecule has 1 rings (SSSR count). The second kappa shape index (κ2) is 6.56. The van der Waals surface area contributed by atoms with Crippen LogP contribution in [-0.4, -0.2) is 24.2 Å². The smallest absolute Gasteiger partial charge is 0.312 e. The summed E-state index contributed by atoms with van der Waals surface area (Å²) in [5.74, 6) is 0.255. The molecule has 0 spiro atoms. The number of nitro groups is 1. The third kappa shape index (κ3) is 4.32. The lowest BCUT2D eigenvalue weighted by molar-refractivity contribution is -0.386. The number of halogens is 1. The Kier molecular flexibility index (Phi) is 5.37. The number of nitrogens with zero attached hydrogens (tertiary/aromatic N) is 1. The van der Waals surface area contributed by atoms with Crippen molar-refractivity contribution in [2.75, 3.05) is 13.2 Å². The van der Waals surface area contributed by atoms with E-state index in [2.05, 4.69) is 15.9 Å². The SMILES string of the molecule is CCOCC(C)Oc1ccc(Br)cc1[N+](=O)[O-]. The molecule has 0 heterocycles. The molecule has 0 amide bonds. The minimum atomic E-state index is -0.465. The van der Waals surface area contributed by atoms with Crippen LogP contribution in [0.1, 0.15) is 13.8 Å². The summed E-state index contributed by atoms with van der Waals surface area (Å²) in [5, 5.41) is 10.8. The van der Waals surface area contributed by atoms with Crippen LogP contribution in [0.25, 0.3) is 0 Å². The van der Waals surface area contributed by atoms with Crippen molar-refractivity contribution < 1.29 is 14.4 Å². The van der Waals surface area contributed by atoms with Gasteiger partial charge in [0.1, 0.15) is 6.10 Å². The summed E-state index contributed by atoms with van der Waals surface area (Å²) in [6.07, 6.45) is -0.227. The van der Waals surface area contributed by atoms with Crippen LogP contribution in [0.15, 0.2) is 22.7 Å². The van der Waals surface area contributed by atoms with Gasteiger partial charge in [0.05, 0.1) is 11.5 Å². The van der Waals surface area contributed by atoms with E-state index >= 15 is 0 Å². The fourth-order valence-electron chi connectivity index (χ4n) is 1.27. The van der Waals surface area contributed by atoms with Crippen LogP contribution in [-0.2, 0) is 4.74 Å². The molecule has 0 aliphatic rings. The van der Waals surface area contributed by atoms with E-state index < -0.39 is 4.92 Å². The topological polar surface area (TPSA) is 61.6 Å². The van der Waals surface area contributed by atoms with Gasteiger partial charge in [-0.3, -0.25) is 10.1 Å². The normalized spacial score (nSPS) is 12.2. The highest BCUT2D eigenvalue weighted by atomic mass is 79.9. The van der Waals surface area contributed by atoms with Crippen molar-refractivity contribution in [1.82, 2.24) is 0 Å². The second-order valence-electron chi connectivity index (χ2n) is 3.46. The lowest BCUT2D eigenvalue weighted by Gasteiger charge is -2.14. The lowest BCUT2D eigenvalue weighted by Crippen LogP contribution is -2.19. The molecular formula is C11H14BrNO4. The van der Waals surface area contributed by atoms with Crippen molar-refractivity contribution in [3.05, 3.63) is 32.8 Å². The summed E-state index contributed by atoms with van der Waals surface area (Å²) in [4.78, 5) is 10.4. The van der Waals surface area contributed by atoms with E-state index in [4.69, 9.17) is 9.47 Å². The van der Waals surface area contributed by atoms with Crippen LogP contribution in [0.4, 0.5) is 5.69 Å². The van der Waals surface area contributed by atoms with Gasteiger partial charge in [0.25, 0.3) is 0 Å². The summed E-state index contributed by atoms with van der Waals surface area (Å²) in [6.45, 7) is 4.69. The highest BCUT2D eigenvalue weighted by Gasteiger charge is 2.17. The molecule has 1 aromatic carbocycles. The Morgan fingerprint density at radius 2 is 2.24 bits per heavy atom. The summed E-state index contributed by atoms with van der Waals surface area (Å²) in [7, 11) is 0. The van der Waals surface area contributed by atoms with Crippen molar-refractivity contribution in [3.8, 4) is 5.75 Å². The summed E-state index contributed by atoms with van der Waals surface area (Å²) in [6, 6.07) is 4.70. The number of hydrogen-bond donors (Lipinski definition) is 0. The van der Waals surface area contributed by atoms with Crippen LogP contribution in [0.2, 0.25) is 0 Å². The van der Waals surface area contributed by atoms with Crippen molar-refractivity contribution in [1.29, 1.82) is 0 Å². The number of benzene rings is 1. The van der Waals surface area contributed by atoms with Crippen molar-refractivity contribution >= 4 is 21.6 Å². The molecule has 5 nitrogen and oxygen atoms in total. The van der Waals surface area contributed by atoms with E-state index in [1.165, 1.54) is 6.07 Å². The van der Waals surface area contributed by atoms with Gasteiger partial charge in [-0.1, -0.05) is 15.9 Å². The highest BCUT2D eigenvalue weighted by molar-refractivity contribution is 9.10. The summed E-state index contributed by atoms with van der Waals surface area (Å²) >= 11 is 3.19. The van der Waals surface area contributed by atoms with E-state index in [9.17, 15) is 10.1 Å². The van der Waals surface area contributed by atoms with E-state index in [1.54, 1.807) is 19.1 Å². The molecule has 17 heavy (non-hydrogen) atoms. The number of hydrogen-bond acceptors (Lipinski definition) is 4. The third-order valence-electron chi connectivity index (χ3n) is 2.00. The van der Waals surface area contributed by atoms with Crippen LogP contribution in [0.3, 0.4) is 0 Å². The van der Waals surface area contributed by atoms with Crippen molar-refractivity contribution in [2.45, 2.75) is 20.0 Å². The first kappa shape index (κ1) is 13.9. The molecule has 1 aromatic rings. The Morgan fingerprint density at radius 1 is 1.53 bits per heavy atom. The maximum absolute atomic E-state index is 10.8. The zero-order valence-electron chi connectivity index (χ0n) is 9.68. The van der Waals surface area contributed by atoms with Crippen LogP contribution < -0.4 is 4.74 Å². The Hall–Kier alpha value is -1.14. The van der Waals surface area contributed by atoms with Crippen LogP contribution in [0.5, 0.6) is 5.75 Å². The van der Waals surface area contributed by atoms with Gasteiger partial charge in [0, 0.05) is 17.1 Å². The molecule has 0 saturated heterocycles. The van der Waals surface area contributed by atoms with E-state index in [0.29, 0.717) is 17.7 Å². The van der Waals surface area contributed by atoms with Gasteiger partial charge in [-0.25, -0.2) is 0 Å². The zero-order chi connectivity index (χ0) is 12.8. The minimum absolute atomic E-state index is 0.0530. The molecule has 0 radical (unpaired) electrons. The Balaban J connectivity index is 2.79. The van der Waals surface area contributed by atoms with Crippen molar-refractivity contribution in [3.63, 3.8) is 0 Å². The number of rotatable bonds is 6. The Bertz CT molecular complexity index is 397. The van der Waals surface area contributed by atoms with Gasteiger partial charge >= 0.3 is 5.69 Å². The average Bonchev–Trinajstić information content (AvgIpc) is 2.28. The van der Waals surface area contributed by atoms with Gasteiger partial charge < -0.3 is 9.47 Å². The predicted molar refractivity (Wildman–Crippen MR) is 67.4 cm³/mol. The maximum atomic E-state index is 10.8. The number of nitro benzene ring substituents is 1. The van der Waals surface area contributed by atoms with Crippen molar-refractivity contribution in [2.24, 2.45) is 0 Å². The molecule has 0 bridgehead atoms. The summed E-state index contributed by atoms with van der Waals surface area (Å²) in [5.41, 5.74) is -0.0530. The van der Waals surface area contributed by atoms with Gasteiger partial charge in [-0.05, 0) is 26.0 Å². The molecular weight excluding hydrogens is 290 g/mol. The predicted octanol–water partition coefficient (Wildman–Crippen LogP) is 3.16. The van der Waals surface area contributed by atoms with E-state index in [0.717, 1.165) is 0 Å². The Labute approximate surface area is 108 Å². The molecule has 0 saturated carbocycles. The van der Waals surface area contributed by atoms with E-state index in [-0.39, 0.29) is 17.5 Å². The van der Waals surface area contributed by atoms with Gasteiger partial charge in [-0.15, -0.1) is 0 Å². The lowest BCUT2D eigenvalue weighted by atomic mass is 10.3. The first-order valence-corrected chi connectivity index (χ1v) is 6.02. The molecule has 0 aliphatic heterocycles. The Morgan fingerprint density at radius 3 is 2.82 bits per heavy atom. The number of ether oxygens (including phenoxy) is 2. The molecule has 0 fully saturated rings.